The number of carbonyl (C=O) groups is 2. The maximum atomic E-state index is 12.5. The van der Waals surface area contributed by atoms with E-state index in [1.54, 1.807) is 51.1 Å². The second-order valence-corrected chi connectivity index (χ2v) is 8.25. The number of carbonyl (C=O) groups excluding carboxylic acids is 2. The molecule has 0 heterocycles. The Morgan fingerprint density at radius 1 is 1.04 bits per heavy atom. The quantitative estimate of drug-likeness (QED) is 0.811. The van der Waals surface area contributed by atoms with E-state index in [0.29, 0.717) is 16.8 Å². The highest BCUT2D eigenvalue weighted by molar-refractivity contribution is 7.90. The predicted molar refractivity (Wildman–Crippen MR) is 99.2 cm³/mol. The molecule has 0 aromatic heterocycles. The third kappa shape index (κ3) is 4.92. The monoisotopic (exact) mass is 375 g/mol. The summed E-state index contributed by atoms with van der Waals surface area (Å²) in [5.41, 5.74) is 1.80. The van der Waals surface area contributed by atoms with Crippen LogP contribution >= 0.6 is 0 Å². The first kappa shape index (κ1) is 19.7. The van der Waals surface area contributed by atoms with Crippen molar-refractivity contribution in [3.8, 4) is 0 Å². The van der Waals surface area contributed by atoms with Crippen molar-refractivity contribution >= 4 is 27.4 Å². The molecule has 26 heavy (non-hydrogen) atoms. The molecule has 6 nitrogen and oxygen atoms in total. The van der Waals surface area contributed by atoms with Gasteiger partial charge in [-0.2, -0.15) is 0 Å². The predicted octanol–water partition coefficient (Wildman–Crippen LogP) is 3.22. The first-order chi connectivity index (χ1) is 12.1. The number of hydrogen-bond acceptors (Lipinski definition) is 5. The lowest BCUT2D eigenvalue weighted by Crippen LogP contribution is -2.15. The van der Waals surface area contributed by atoms with Gasteiger partial charge >= 0.3 is 5.97 Å². The van der Waals surface area contributed by atoms with Crippen LogP contribution < -0.4 is 5.32 Å². The van der Waals surface area contributed by atoms with Crippen LogP contribution in [0.2, 0.25) is 0 Å². The van der Waals surface area contributed by atoms with Crippen molar-refractivity contribution < 1.29 is 22.7 Å². The van der Waals surface area contributed by atoms with Crippen LogP contribution in [0.15, 0.2) is 47.4 Å². The number of benzene rings is 2. The minimum atomic E-state index is -3.41. The number of hydrogen-bond donors (Lipinski definition) is 1. The number of sulfone groups is 1. The van der Waals surface area contributed by atoms with Crippen LogP contribution in [0.4, 0.5) is 5.69 Å². The molecule has 2 rings (SSSR count). The van der Waals surface area contributed by atoms with Gasteiger partial charge in [-0.15, -0.1) is 0 Å². The fraction of sp³-hybridized carbons (Fsp3) is 0.263. The van der Waals surface area contributed by atoms with Gasteiger partial charge in [0.05, 0.1) is 16.6 Å². The Morgan fingerprint density at radius 2 is 1.65 bits per heavy atom. The topological polar surface area (TPSA) is 89.5 Å². The van der Waals surface area contributed by atoms with Crippen LogP contribution in [0.25, 0.3) is 0 Å². The van der Waals surface area contributed by atoms with Gasteiger partial charge in [0.15, 0.2) is 9.84 Å². The van der Waals surface area contributed by atoms with Crippen LogP contribution in [0.5, 0.6) is 0 Å². The van der Waals surface area contributed by atoms with Gasteiger partial charge in [-0.25, -0.2) is 13.2 Å². The lowest BCUT2D eigenvalue weighted by Gasteiger charge is -2.11. The summed E-state index contributed by atoms with van der Waals surface area (Å²) in [6.45, 7) is 5.25. The Labute approximate surface area is 153 Å². The van der Waals surface area contributed by atoms with Gasteiger partial charge in [0.2, 0.25) is 0 Å². The van der Waals surface area contributed by atoms with Crippen molar-refractivity contribution in [1.82, 2.24) is 0 Å². The van der Waals surface area contributed by atoms with Crippen LogP contribution in [0.3, 0.4) is 0 Å². The molecular weight excluding hydrogens is 354 g/mol. The highest BCUT2D eigenvalue weighted by atomic mass is 32.2. The molecule has 0 aliphatic rings. The minimum Gasteiger partial charge on any atom is -0.459 e. The summed E-state index contributed by atoms with van der Waals surface area (Å²) < 4.78 is 28.5. The smallest absolute Gasteiger partial charge is 0.338 e. The molecule has 2 aromatic carbocycles. The van der Waals surface area contributed by atoms with Crippen molar-refractivity contribution in [2.24, 2.45) is 0 Å². The third-order valence-corrected chi connectivity index (χ3v) is 4.71. The average Bonchev–Trinajstić information content (AvgIpc) is 2.54. The molecule has 0 fully saturated rings. The number of amides is 1. The molecule has 0 radical (unpaired) electrons. The molecular formula is C19H21NO5S. The first-order valence-corrected chi connectivity index (χ1v) is 9.90. The molecule has 1 N–H and O–H groups in total. The summed E-state index contributed by atoms with van der Waals surface area (Å²) in [4.78, 5) is 24.4. The summed E-state index contributed by atoms with van der Waals surface area (Å²) in [6, 6.07) is 10.7. The number of esters is 1. The van der Waals surface area contributed by atoms with Crippen molar-refractivity contribution in [3.63, 3.8) is 0 Å². The molecule has 0 aliphatic carbocycles. The summed E-state index contributed by atoms with van der Waals surface area (Å²) in [5, 5.41) is 2.70. The lowest BCUT2D eigenvalue weighted by atomic mass is 10.1. The molecule has 138 valence electrons. The van der Waals surface area contributed by atoms with Crippen molar-refractivity contribution in [3.05, 3.63) is 59.2 Å². The summed E-state index contributed by atoms with van der Waals surface area (Å²) >= 11 is 0. The maximum Gasteiger partial charge on any atom is 0.338 e. The van der Waals surface area contributed by atoms with Gasteiger partial charge < -0.3 is 10.1 Å². The molecule has 0 aliphatic heterocycles. The Kier molecular flexibility index (Phi) is 5.82. The van der Waals surface area contributed by atoms with E-state index in [-0.39, 0.29) is 16.6 Å². The van der Waals surface area contributed by atoms with Crippen LogP contribution in [0, 0.1) is 6.92 Å². The van der Waals surface area contributed by atoms with E-state index in [4.69, 9.17) is 4.74 Å². The fourth-order valence-corrected chi connectivity index (χ4v) is 2.89. The number of nitrogens with one attached hydrogen (secondary N) is 1. The molecule has 7 heteroatoms. The van der Waals surface area contributed by atoms with Gasteiger partial charge in [-0.1, -0.05) is 6.07 Å². The van der Waals surface area contributed by atoms with Crippen LogP contribution in [-0.4, -0.2) is 32.7 Å². The number of aryl methyl sites for hydroxylation is 1. The zero-order chi connectivity index (χ0) is 19.5. The third-order valence-electron chi connectivity index (χ3n) is 3.60. The van der Waals surface area contributed by atoms with Gasteiger partial charge in [0.25, 0.3) is 5.91 Å². The molecule has 0 saturated carbocycles. The number of ether oxygens (including phenoxy) is 1. The van der Waals surface area contributed by atoms with Gasteiger partial charge in [0.1, 0.15) is 0 Å². The molecule has 0 unspecified atom stereocenters. The highest BCUT2D eigenvalue weighted by Gasteiger charge is 2.15. The largest absolute Gasteiger partial charge is 0.459 e. The zero-order valence-electron chi connectivity index (χ0n) is 15.1. The lowest BCUT2D eigenvalue weighted by molar-refractivity contribution is 0.0378. The molecule has 0 bridgehead atoms. The van der Waals surface area contributed by atoms with Gasteiger partial charge in [-0.3, -0.25) is 4.79 Å². The van der Waals surface area contributed by atoms with E-state index in [1.165, 1.54) is 12.1 Å². The molecule has 2 aromatic rings. The Hall–Kier alpha value is -2.67. The summed E-state index contributed by atoms with van der Waals surface area (Å²) in [7, 11) is -3.41. The van der Waals surface area contributed by atoms with Gasteiger partial charge in [-0.05, 0) is 62.7 Å². The standard InChI is InChI=1S/C19H21NO5S/c1-12(2)25-19(22)14-6-8-15(9-7-14)20-18(21)17-11-16(26(4,23)24)10-5-13(17)3/h5-12H,1-4H3,(H,20,21). The van der Waals surface area contributed by atoms with Crippen LogP contribution in [-0.2, 0) is 14.6 Å². The normalized spacial score (nSPS) is 11.3. The second kappa shape index (κ2) is 7.70. The molecule has 1 amide bonds. The Balaban J connectivity index is 2.19. The van der Waals surface area contributed by atoms with Crippen molar-refractivity contribution in [2.75, 3.05) is 11.6 Å². The SMILES string of the molecule is Cc1ccc(S(C)(=O)=O)cc1C(=O)Nc1ccc(C(=O)OC(C)C)cc1. The van der Waals surface area contributed by atoms with Crippen molar-refractivity contribution in [2.45, 2.75) is 31.8 Å². The van der Waals surface area contributed by atoms with E-state index in [1.807, 2.05) is 0 Å². The summed E-state index contributed by atoms with van der Waals surface area (Å²) in [6.07, 6.45) is 0.876. The number of anilines is 1. The van der Waals surface area contributed by atoms with Crippen molar-refractivity contribution in [1.29, 1.82) is 0 Å². The van der Waals surface area contributed by atoms with E-state index in [2.05, 4.69) is 5.32 Å². The summed E-state index contributed by atoms with van der Waals surface area (Å²) in [5.74, 6) is -0.861. The Bertz CT molecular complexity index is 931. The molecule has 0 atom stereocenters. The molecule has 0 saturated heterocycles. The molecule has 0 spiro atoms. The van der Waals surface area contributed by atoms with E-state index in [9.17, 15) is 18.0 Å². The average molecular weight is 375 g/mol. The van der Waals surface area contributed by atoms with E-state index in [0.717, 1.165) is 6.26 Å². The van der Waals surface area contributed by atoms with E-state index >= 15 is 0 Å². The fourth-order valence-electron chi connectivity index (χ4n) is 2.25. The van der Waals surface area contributed by atoms with Gasteiger partial charge in [0, 0.05) is 17.5 Å². The van der Waals surface area contributed by atoms with E-state index < -0.39 is 21.7 Å². The highest BCUT2D eigenvalue weighted by Crippen LogP contribution is 2.18. The minimum absolute atomic E-state index is 0.0834. The maximum absolute atomic E-state index is 12.5. The first-order valence-electron chi connectivity index (χ1n) is 8.01. The number of rotatable bonds is 5. The zero-order valence-corrected chi connectivity index (χ0v) is 15.9. The Morgan fingerprint density at radius 3 is 2.19 bits per heavy atom. The second-order valence-electron chi connectivity index (χ2n) is 6.23. The van der Waals surface area contributed by atoms with Crippen LogP contribution in [0.1, 0.15) is 40.1 Å².